The van der Waals surface area contributed by atoms with E-state index in [1.54, 1.807) is 6.08 Å². The lowest BCUT2D eigenvalue weighted by molar-refractivity contribution is -0.171. The number of phenols is 1. The molecule has 0 amide bonds. The van der Waals surface area contributed by atoms with Gasteiger partial charge < -0.3 is 29.5 Å². The summed E-state index contributed by atoms with van der Waals surface area (Å²) < 4.78 is 20.5. The zero-order valence-corrected chi connectivity index (χ0v) is 28.2. The van der Waals surface area contributed by atoms with Gasteiger partial charge in [-0.3, -0.25) is 9.59 Å². The number of carbonyl (C=O) groups is 3. The molecule has 7 rings (SSSR count). The minimum Gasteiger partial charge on any atom is -0.506 e. The third kappa shape index (κ3) is 4.76. The summed E-state index contributed by atoms with van der Waals surface area (Å²) in [6.45, 7) is 13.0. The number of ketones is 2. The molecule has 0 radical (unpaired) electrons. The van der Waals surface area contributed by atoms with Crippen molar-refractivity contribution in [1.29, 1.82) is 0 Å². The Hall–Kier alpha value is -3.95. The molecule has 3 heterocycles. The molecule has 2 fully saturated rings. The number of aliphatic hydroxyl groups is 1. The van der Waals surface area contributed by atoms with Gasteiger partial charge in [0.1, 0.15) is 28.4 Å². The highest BCUT2D eigenvalue weighted by molar-refractivity contribution is 6.19. The number of carboxylic acid groups (broad SMARTS) is 1. The van der Waals surface area contributed by atoms with E-state index >= 15 is 0 Å². The molecule has 0 aromatic heterocycles. The van der Waals surface area contributed by atoms with Gasteiger partial charge in [0.15, 0.2) is 22.8 Å². The third-order valence-corrected chi connectivity index (χ3v) is 10.5. The van der Waals surface area contributed by atoms with Crippen LogP contribution in [-0.2, 0) is 20.7 Å². The number of aliphatic carboxylic acids is 1. The van der Waals surface area contributed by atoms with Crippen molar-refractivity contribution in [3.8, 4) is 17.2 Å². The number of rotatable bonds is 9. The van der Waals surface area contributed by atoms with E-state index in [0.29, 0.717) is 36.1 Å². The lowest BCUT2D eigenvalue weighted by Crippen LogP contribution is -2.72. The van der Waals surface area contributed by atoms with Crippen LogP contribution < -0.4 is 9.47 Å². The van der Waals surface area contributed by atoms with Gasteiger partial charge in [0.05, 0.1) is 23.3 Å². The quantitative estimate of drug-likeness (QED) is 0.211. The highest BCUT2D eigenvalue weighted by Gasteiger charge is 2.81. The number of ether oxygens (including phenoxy) is 3. The summed E-state index contributed by atoms with van der Waals surface area (Å²) >= 11 is 0. The monoisotopic (exact) mass is 644 g/mol. The molecule has 9 heteroatoms. The first-order valence-corrected chi connectivity index (χ1v) is 16.3. The molecule has 1 aromatic carbocycles. The maximum absolute atomic E-state index is 14.7. The van der Waals surface area contributed by atoms with E-state index in [-0.39, 0.29) is 40.4 Å². The fourth-order valence-corrected chi connectivity index (χ4v) is 8.27. The lowest BCUT2D eigenvalue weighted by Gasteiger charge is -2.56. The molecule has 3 aliphatic heterocycles. The van der Waals surface area contributed by atoms with Gasteiger partial charge in [0, 0.05) is 29.4 Å². The number of aliphatic hydroxyl groups excluding tert-OH is 1. The van der Waals surface area contributed by atoms with Gasteiger partial charge in [-0.2, -0.15) is 0 Å². The first kappa shape index (κ1) is 33.0. The second-order valence-corrected chi connectivity index (χ2v) is 14.8. The zero-order chi connectivity index (χ0) is 34.3. The summed E-state index contributed by atoms with van der Waals surface area (Å²) in [5.41, 5.74) is -1.79. The molecule has 5 atom stereocenters. The maximum atomic E-state index is 14.7. The smallest absolute Gasteiger partial charge is 0.333 e. The van der Waals surface area contributed by atoms with Crippen LogP contribution in [0, 0.1) is 11.8 Å². The van der Waals surface area contributed by atoms with Crippen LogP contribution in [0.3, 0.4) is 0 Å². The average Bonchev–Trinajstić information content (AvgIpc) is 3.13. The van der Waals surface area contributed by atoms with Crippen molar-refractivity contribution in [2.45, 2.75) is 103 Å². The van der Waals surface area contributed by atoms with Crippen LogP contribution in [0.1, 0.15) is 95.6 Å². The molecule has 3 aliphatic carbocycles. The van der Waals surface area contributed by atoms with Gasteiger partial charge in [-0.05, 0) is 86.3 Å². The Kier molecular flexibility index (Phi) is 7.76. The number of carbonyl (C=O) groups excluding carboxylic acids is 2. The minimum atomic E-state index is -1.74. The Morgan fingerprint density at radius 3 is 2.36 bits per heavy atom. The fourth-order valence-electron chi connectivity index (χ4n) is 8.27. The van der Waals surface area contributed by atoms with Gasteiger partial charge in [0.2, 0.25) is 0 Å². The topological polar surface area (TPSA) is 140 Å². The third-order valence-electron chi connectivity index (χ3n) is 10.5. The summed E-state index contributed by atoms with van der Waals surface area (Å²) in [6.07, 6.45) is 12.8. The van der Waals surface area contributed by atoms with Crippen LogP contribution >= 0.6 is 0 Å². The van der Waals surface area contributed by atoms with Crippen molar-refractivity contribution >= 4 is 23.6 Å². The maximum Gasteiger partial charge on any atom is 0.333 e. The van der Waals surface area contributed by atoms with Crippen LogP contribution in [0.15, 0.2) is 52.7 Å². The molecule has 9 nitrogen and oxygen atoms in total. The summed E-state index contributed by atoms with van der Waals surface area (Å²) in [5.74, 6) is -2.84. The predicted octanol–water partition coefficient (Wildman–Crippen LogP) is 6.21. The normalized spacial score (nSPS) is 30.8. The Labute approximate surface area is 275 Å². The van der Waals surface area contributed by atoms with Crippen molar-refractivity contribution in [3.05, 3.63) is 69.4 Å². The molecule has 3 N–H and O–H groups in total. The summed E-state index contributed by atoms with van der Waals surface area (Å²) in [4.78, 5) is 40.9. The Morgan fingerprint density at radius 1 is 1.02 bits per heavy atom. The molecule has 47 heavy (non-hydrogen) atoms. The standard InChI is InChI=1S/C38H44O9/c1-20(2)9-8-14-36(7)15-13-24-29(40)28-30(41)26-17-23-18-27-35(5,6)47-37(33(23)42,16-12-22(19-39)34(43)44)38(26,27)46-32(28)25(31(24)45-36)11-10-21(3)4/h9-10,12-13,15,17,23,27,39-40H,8,11,14,16,18-19H2,1-7H3,(H,43,44)/b22-12-/t23?,27?,36-,37?,38?/m0/s1. The summed E-state index contributed by atoms with van der Waals surface area (Å²) in [5, 5.41) is 31.2. The van der Waals surface area contributed by atoms with Crippen molar-refractivity contribution in [2.75, 3.05) is 6.61 Å². The van der Waals surface area contributed by atoms with E-state index < -0.39 is 52.6 Å². The number of allylic oxidation sites excluding steroid dienone is 5. The zero-order valence-electron chi connectivity index (χ0n) is 28.2. The van der Waals surface area contributed by atoms with Crippen molar-refractivity contribution in [2.24, 2.45) is 11.8 Å². The molecular formula is C38H44O9. The summed E-state index contributed by atoms with van der Waals surface area (Å²) in [6, 6.07) is 0. The Morgan fingerprint density at radius 2 is 1.72 bits per heavy atom. The van der Waals surface area contributed by atoms with Crippen LogP contribution in [0.4, 0.5) is 0 Å². The SMILES string of the molecule is CC(C)=CCC[C@@]1(C)C=Cc2c(O)c3c(c(CC=C(C)C)c2O1)OC12C(=CC4CC1C(C)(C)OC2(C/C=C(/CO)C(=O)O)C4=O)C3=O. The predicted molar refractivity (Wildman–Crippen MR) is 176 cm³/mol. The number of phenolic OH excluding ortho intramolecular Hbond substituents is 1. The molecule has 1 spiro atoms. The van der Waals surface area contributed by atoms with Gasteiger partial charge in [0.25, 0.3) is 0 Å². The van der Waals surface area contributed by atoms with Crippen LogP contribution in [0.5, 0.6) is 17.2 Å². The molecule has 1 aromatic rings. The molecular weight excluding hydrogens is 600 g/mol. The average molecular weight is 645 g/mol. The number of hydrogen-bond acceptors (Lipinski definition) is 8. The second-order valence-electron chi connectivity index (χ2n) is 14.8. The second kappa shape index (κ2) is 11.1. The Bertz CT molecular complexity index is 1750. The molecule has 4 unspecified atom stereocenters. The van der Waals surface area contributed by atoms with E-state index in [1.165, 1.54) is 11.6 Å². The highest BCUT2D eigenvalue weighted by atomic mass is 16.6. The van der Waals surface area contributed by atoms with E-state index in [4.69, 9.17) is 14.2 Å². The summed E-state index contributed by atoms with van der Waals surface area (Å²) in [7, 11) is 0. The van der Waals surface area contributed by atoms with E-state index in [2.05, 4.69) is 6.08 Å². The molecule has 6 aliphatic rings. The number of fused-ring (bicyclic) bond motifs is 2. The fraction of sp³-hybridized carbons (Fsp3) is 0.500. The highest BCUT2D eigenvalue weighted by Crippen LogP contribution is 2.68. The van der Waals surface area contributed by atoms with Gasteiger partial charge in [-0.15, -0.1) is 0 Å². The number of carboxylic acids is 1. The molecule has 1 saturated carbocycles. The largest absolute Gasteiger partial charge is 0.506 e. The van der Waals surface area contributed by atoms with E-state index in [1.807, 2.05) is 66.7 Å². The molecule has 250 valence electrons. The first-order chi connectivity index (χ1) is 22.0. The minimum absolute atomic E-state index is 0.0173. The molecule has 4 bridgehead atoms. The first-order valence-electron chi connectivity index (χ1n) is 16.3. The van der Waals surface area contributed by atoms with E-state index in [0.717, 1.165) is 12.0 Å². The lowest BCUT2D eigenvalue weighted by atomic mass is 9.51. The van der Waals surface area contributed by atoms with Gasteiger partial charge >= 0.3 is 5.97 Å². The van der Waals surface area contributed by atoms with E-state index in [9.17, 15) is 29.7 Å². The van der Waals surface area contributed by atoms with Gasteiger partial charge in [-0.25, -0.2) is 4.79 Å². The number of benzene rings is 1. The van der Waals surface area contributed by atoms with Crippen LogP contribution in [0.2, 0.25) is 0 Å². The number of Topliss-reactive ketones (excluding diaryl/α,β-unsaturated/α-hetero) is 2. The van der Waals surface area contributed by atoms with Gasteiger partial charge in [-0.1, -0.05) is 35.5 Å². The number of hydrogen-bond donors (Lipinski definition) is 3. The van der Waals surface area contributed by atoms with Crippen LogP contribution in [-0.4, -0.2) is 61.9 Å². The van der Waals surface area contributed by atoms with Crippen molar-refractivity contribution in [1.82, 2.24) is 0 Å². The molecule has 1 saturated heterocycles. The Balaban J connectivity index is 1.59. The van der Waals surface area contributed by atoms with Crippen molar-refractivity contribution in [3.63, 3.8) is 0 Å². The van der Waals surface area contributed by atoms with Crippen molar-refractivity contribution < 1.29 is 43.9 Å². The number of aromatic hydroxyl groups is 1. The van der Waals surface area contributed by atoms with Crippen LogP contribution in [0.25, 0.3) is 6.08 Å².